The van der Waals surface area contributed by atoms with Crippen molar-refractivity contribution in [2.24, 2.45) is 5.73 Å². The largest absolute Gasteiger partial charge is 0.401 e. The molecule has 0 bridgehead atoms. The molecule has 0 atom stereocenters. The van der Waals surface area contributed by atoms with E-state index in [-0.39, 0.29) is 0 Å². The molecule has 0 heterocycles. The van der Waals surface area contributed by atoms with Crippen molar-refractivity contribution in [2.75, 3.05) is 20.1 Å². The lowest BCUT2D eigenvalue weighted by Crippen LogP contribution is -2.19. The van der Waals surface area contributed by atoms with E-state index in [0.717, 1.165) is 25.2 Å². The Labute approximate surface area is 121 Å². The van der Waals surface area contributed by atoms with Gasteiger partial charge in [-0.1, -0.05) is 45.4 Å². The quantitative estimate of drug-likeness (QED) is 0.354. The Morgan fingerprint density at radius 2 is 1.37 bits per heavy atom. The molecule has 0 aliphatic heterocycles. The Balaban J connectivity index is 3.19. The average molecular weight is 265 g/mol. The van der Waals surface area contributed by atoms with E-state index >= 15 is 0 Å². The molecule has 0 spiro atoms. The summed E-state index contributed by atoms with van der Waals surface area (Å²) in [6, 6.07) is 0. The van der Waals surface area contributed by atoms with Crippen LogP contribution in [0.1, 0.15) is 64.7 Å². The van der Waals surface area contributed by atoms with Crippen molar-refractivity contribution >= 4 is 7.85 Å². The van der Waals surface area contributed by atoms with Gasteiger partial charge in [0.25, 0.3) is 0 Å². The summed E-state index contributed by atoms with van der Waals surface area (Å²) in [6.07, 6.45) is 11.4. The normalized spacial score (nSPS) is 12.3. The first kappa shape index (κ1) is 18.4. The van der Waals surface area contributed by atoms with E-state index in [9.17, 15) is 0 Å². The molecule has 4 N–H and O–H groups in total. The SMILES string of the molecule is [B]/C(NCCCCCCCCCCNC)=C(/N)CC. The molecule has 0 saturated heterocycles. The second kappa shape index (κ2) is 13.8. The molecule has 0 aromatic carbocycles. The maximum atomic E-state index is 5.79. The van der Waals surface area contributed by atoms with Gasteiger partial charge in [0.05, 0.1) is 0 Å². The van der Waals surface area contributed by atoms with Crippen LogP contribution in [-0.2, 0) is 0 Å². The monoisotopic (exact) mass is 265 g/mol. The van der Waals surface area contributed by atoms with Crippen molar-refractivity contribution in [1.82, 2.24) is 10.6 Å². The van der Waals surface area contributed by atoms with E-state index < -0.39 is 0 Å². The molecule has 3 nitrogen and oxygen atoms in total. The molecule has 2 radical (unpaired) electrons. The van der Waals surface area contributed by atoms with E-state index in [0.29, 0.717) is 5.60 Å². The zero-order valence-electron chi connectivity index (χ0n) is 12.9. The van der Waals surface area contributed by atoms with Crippen LogP contribution in [0.4, 0.5) is 0 Å². The van der Waals surface area contributed by atoms with Crippen molar-refractivity contribution in [1.29, 1.82) is 0 Å². The predicted molar refractivity (Wildman–Crippen MR) is 86.1 cm³/mol. The fourth-order valence-corrected chi connectivity index (χ4v) is 2.01. The maximum absolute atomic E-state index is 5.79. The van der Waals surface area contributed by atoms with Gasteiger partial charge in [0.1, 0.15) is 7.85 Å². The lowest BCUT2D eigenvalue weighted by Gasteiger charge is -2.10. The summed E-state index contributed by atoms with van der Waals surface area (Å²) in [4.78, 5) is 0. The number of nitrogens with one attached hydrogen (secondary N) is 2. The fraction of sp³-hybridized carbons (Fsp3) is 0.867. The fourth-order valence-electron chi connectivity index (χ4n) is 2.01. The highest BCUT2D eigenvalue weighted by molar-refractivity contribution is 6.21. The summed E-state index contributed by atoms with van der Waals surface area (Å²) in [5, 5.41) is 6.37. The Hall–Kier alpha value is -0.635. The molecule has 4 heteroatoms. The van der Waals surface area contributed by atoms with Gasteiger partial charge in [0.15, 0.2) is 0 Å². The number of allylic oxidation sites excluding steroid dienone is 1. The van der Waals surface area contributed by atoms with Gasteiger partial charge in [-0.2, -0.15) is 0 Å². The first-order chi connectivity index (χ1) is 9.22. The van der Waals surface area contributed by atoms with Crippen molar-refractivity contribution < 1.29 is 0 Å². The summed E-state index contributed by atoms with van der Waals surface area (Å²) < 4.78 is 0. The molecule has 0 amide bonds. The molecule has 0 aliphatic carbocycles. The number of hydrogen-bond acceptors (Lipinski definition) is 3. The summed E-state index contributed by atoms with van der Waals surface area (Å²) in [6.45, 7) is 4.11. The van der Waals surface area contributed by atoms with Crippen molar-refractivity contribution in [3.63, 3.8) is 0 Å². The van der Waals surface area contributed by atoms with Gasteiger partial charge >= 0.3 is 0 Å². The van der Waals surface area contributed by atoms with E-state index in [1.807, 2.05) is 14.0 Å². The second-order valence-electron chi connectivity index (χ2n) is 5.15. The van der Waals surface area contributed by atoms with E-state index in [2.05, 4.69) is 10.6 Å². The number of hydrogen-bond donors (Lipinski definition) is 3. The summed E-state index contributed by atoms with van der Waals surface area (Å²) in [7, 11) is 7.80. The third kappa shape index (κ3) is 12.2. The second-order valence-corrected chi connectivity index (χ2v) is 5.15. The highest BCUT2D eigenvalue weighted by atomic mass is 14.9. The van der Waals surface area contributed by atoms with Gasteiger partial charge in [-0.25, -0.2) is 0 Å². The van der Waals surface area contributed by atoms with Crippen molar-refractivity contribution in [2.45, 2.75) is 64.7 Å². The Morgan fingerprint density at radius 3 is 1.84 bits per heavy atom. The summed E-state index contributed by atoms with van der Waals surface area (Å²) in [5.74, 6) is 0. The van der Waals surface area contributed by atoms with Crippen molar-refractivity contribution in [3.8, 4) is 0 Å². The van der Waals surface area contributed by atoms with Crippen LogP contribution in [0.2, 0.25) is 0 Å². The van der Waals surface area contributed by atoms with Gasteiger partial charge in [-0.15, -0.1) is 0 Å². The zero-order chi connectivity index (χ0) is 14.3. The first-order valence-electron chi connectivity index (χ1n) is 7.85. The molecular formula is C15H32BN3. The molecule has 0 aromatic heterocycles. The van der Waals surface area contributed by atoms with Gasteiger partial charge in [0.2, 0.25) is 0 Å². The highest BCUT2D eigenvalue weighted by Gasteiger charge is 1.95. The molecule has 110 valence electrons. The Kier molecular flexibility index (Phi) is 13.3. The van der Waals surface area contributed by atoms with Crippen LogP contribution in [0.25, 0.3) is 0 Å². The summed E-state index contributed by atoms with van der Waals surface area (Å²) >= 11 is 0. The van der Waals surface area contributed by atoms with Crippen LogP contribution in [-0.4, -0.2) is 28.0 Å². The number of nitrogens with two attached hydrogens (primary N) is 1. The van der Waals surface area contributed by atoms with Crippen LogP contribution in [0.3, 0.4) is 0 Å². The lowest BCUT2D eigenvalue weighted by atomic mass is 10.0. The topological polar surface area (TPSA) is 50.1 Å². The molecule has 0 saturated carbocycles. The van der Waals surface area contributed by atoms with Crippen LogP contribution in [0.15, 0.2) is 11.3 Å². The Morgan fingerprint density at radius 1 is 0.895 bits per heavy atom. The molecule has 0 aromatic rings. The first-order valence-corrected chi connectivity index (χ1v) is 7.85. The Bertz CT molecular complexity index is 229. The highest BCUT2D eigenvalue weighted by Crippen LogP contribution is 2.08. The standard InChI is InChI=1S/C15H32BN3/c1-3-14(17)15(16)19-13-11-9-7-5-4-6-8-10-12-18-2/h18-19H,3-13,17H2,1-2H3/b15-14-. The van der Waals surface area contributed by atoms with Crippen LogP contribution in [0, 0.1) is 0 Å². The average Bonchev–Trinajstić information content (AvgIpc) is 2.43. The van der Waals surface area contributed by atoms with E-state index in [1.165, 1.54) is 51.4 Å². The lowest BCUT2D eigenvalue weighted by molar-refractivity contribution is 0.556. The van der Waals surface area contributed by atoms with Crippen LogP contribution < -0.4 is 16.4 Å². The minimum absolute atomic E-state index is 0.659. The van der Waals surface area contributed by atoms with Gasteiger partial charge in [-0.3, -0.25) is 0 Å². The van der Waals surface area contributed by atoms with Gasteiger partial charge < -0.3 is 16.4 Å². The van der Waals surface area contributed by atoms with E-state index in [4.69, 9.17) is 13.6 Å². The molecule has 0 fully saturated rings. The number of rotatable bonds is 13. The smallest absolute Gasteiger partial charge is 0.140 e. The maximum Gasteiger partial charge on any atom is 0.140 e. The van der Waals surface area contributed by atoms with E-state index in [1.54, 1.807) is 0 Å². The predicted octanol–water partition coefficient (Wildman–Crippen LogP) is 2.62. The molecule has 0 rings (SSSR count). The third-order valence-corrected chi connectivity index (χ3v) is 3.40. The summed E-state index contributed by atoms with van der Waals surface area (Å²) in [5.41, 5.74) is 7.16. The van der Waals surface area contributed by atoms with Gasteiger partial charge in [-0.05, 0) is 38.5 Å². The third-order valence-electron chi connectivity index (χ3n) is 3.40. The minimum atomic E-state index is 0.659. The minimum Gasteiger partial charge on any atom is -0.401 e. The molecule has 0 aliphatic rings. The molecule has 19 heavy (non-hydrogen) atoms. The van der Waals surface area contributed by atoms with Crippen LogP contribution in [0.5, 0.6) is 0 Å². The molecular weight excluding hydrogens is 233 g/mol. The zero-order valence-corrected chi connectivity index (χ0v) is 12.9. The van der Waals surface area contributed by atoms with Gasteiger partial charge in [0, 0.05) is 12.2 Å². The molecule has 0 unspecified atom stereocenters. The van der Waals surface area contributed by atoms with Crippen molar-refractivity contribution in [3.05, 3.63) is 11.3 Å². The number of unbranched alkanes of at least 4 members (excludes halogenated alkanes) is 7. The van der Waals surface area contributed by atoms with Crippen LogP contribution >= 0.6 is 0 Å².